The smallest absolute Gasteiger partial charge is 0.109 e. The number of aromatic nitrogens is 2. The highest BCUT2D eigenvalue weighted by Gasteiger charge is 2.09. The van der Waals surface area contributed by atoms with E-state index in [-0.39, 0.29) is 0 Å². The number of aryl methyl sites for hydroxylation is 2. The van der Waals surface area contributed by atoms with E-state index in [0.29, 0.717) is 5.38 Å². The van der Waals surface area contributed by atoms with Gasteiger partial charge in [0.2, 0.25) is 0 Å². The Morgan fingerprint density at radius 3 is 2.78 bits per heavy atom. The Morgan fingerprint density at radius 1 is 1.28 bits per heavy atom. The predicted octanol–water partition coefficient (Wildman–Crippen LogP) is 4.40. The second-order valence-electron chi connectivity index (χ2n) is 4.66. The van der Waals surface area contributed by atoms with Gasteiger partial charge in [0.1, 0.15) is 5.82 Å². The fourth-order valence-electron chi connectivity index (χ4n) is 2.35. The molecule has 2 rings (SSSR count). The van der Waals surface area contributed by atoms with Gasteiger partial charge in [-0.25, -0.2) is 4.98 Å². The van der Waals surface area contributed by atoms with Gasteiger partial charge in [0.05, 0.1) is 11.0 Å². The number of halogens is 1. The summed E-state index contributed by atoms with van der Waals surface area (Å²) in [6.45, 7) is 5.29. The van der Waals surface area contributed by atoms with Crippen molar-refractivity contribution in [1.82, 2.24) is 9.55 Å². The Labute approximate surface area is 114 Å². The van der Waals surface area contributed by atoms with Gasteiger partial charge in [-0.1, -0.05) is 19.1 Å². The van der Waals surface area contributed by atoms with Crippen LogP contribution in [-0.2, 0) is 13.0 Å². The molecule has 18 heavy (non-hydrogen) atoms. The molecule has 0 saturated carbocycles. The van der Waals surface area contributed by atoms with Crippen LogP contribution >= 0.6 is 11.6 Å². The summed E-state index contributed by atoms with van der Waals surface area (Å²) in [6, 6.07) is 8.35. The third kappa shape index (κ3) is 2.86. The lowest BCUT2D eigenvalue weighted by Gasteiger charge is -2.07. The van der Waals surface area contributed by atoms with Crippen LogP contribution in [0.1, 0.15) is 38.9 Å². The van der Waals surface area contributed by atoms with Crippen molar-refractivity contribution in [1.29, 1.82) is 0 Å². The average molecular weight is 265 g/mol. The number of para-hydroxylation sites is 2. The van der Waals surface area contributed by atoms with Crippen LogP contribution in [0, 0.1) is 0 Å². The topological polar surface area (TPSA) is 17.8 Å². The predicted molar refractivity (Wildman–Crippen MR) is 78.3 cm³/mol. The lowest BCUT2D eigenvalue weighted by atomic mass is 10.1. The average Bonchev–Trinajstić information content (AvgIpc) is 2.75. The maximum atomic E-state index is 6.16. The molecule has 1 aromatic carbocycles. The van der Waals surface area contributed by atoms with Crippen LogP contribution in [0.2, 0.25) is 0 Å². The molecule has 2 nitrogen and oxygen atoms in total. The lowest BCUT2D eigenvalue weighted by molar-refractivity contribution is 0.631. The van der Waals surface area contributed by atoms with E-state index < -0.39 is 0 Å². The van der Waals surface area contributed by atoms with Gasteiger partial charge < -0.3 is 4.57 Å². The molecule has 0 spiro atoms. The fourth-order valence-corrected chi connectivity index (χ4v) is 2.51. The number of benzene rings is 1. The normalized spacial score (nSPS) is 13.1. The molecule has 0 N–H and O–H groups in total. The van der Waals surface area contributed by atoms with Crippen molar-refractivity contribution in [2.24, 2.45) is 0 Å². The van der Waals surface area contributed by atoms with Crippen LogP contribution in [0.25, 0.3) is 11.0 Å². The van der Waals surface area contributed by atoms with Crippen molar-refractivity contribution in [2.75, 3.05) is 0 Å². The Bertz CT molecular complexity index is 504. The van der Waals surface area contributed by atoms with Gasteiger partial charge in [-0.2, -0.15) is 0 Å². The van der Waals surface area contributed by atoms with Crippen molar-refractivity contribution in [3.05, 3.63) is 30.1 Å². The molecule has 0 aliphatic carbocycles. The number of imidazole rings is 1. The molecule has 0 aliphatic rings. The summed E-state index contributed by atoms with van der Waals surface area (Å²) in [7, 11) is 0. The summed E-state index contributed by atoms with van der Waals surface area (Å²) >= 11 is 6.16. The second kappa shape index (κ2) is 6.24. The highest BCUT2D eigenvalue weighted by molar-refractivity contribution is 6.20. The molecule has 0 aliphatic heterocycles. The second-order valence-corrected chi connectivity index (χ2v) is 5.28. The monoisotopic (exact) mass is 264 g/mol. The first-order valence-corrected chi connectivity index (χ1v) is 7.28. The number of fused-ring (bicyclic) bond motifs is 1. The van der Waals surface area contributed by atoms with Crippen LogP contribution in [0.5, 0.6) is 0 Å². The van der Waals surface area contributed by atoms with Gasteiger partial charge in [0.15, 0.2) is 0 Å². The van der Waals surface area contributed by atoms with E-state index >= 15 is 0 Å². The van der Waals surface area contributed by atoms with Crippen molar-refractivity contribution in [3.63, 3.8) is 0 Å². The summed E-state index contributed by atoms with van der Waals surface area (Å²) < 4.78 is 2.31. The van der Waals surface area contributed by atoms with Gasteiger partial charge in [0.25, 0.3) is 0 Å². The fraction of sp³-hybridized carbons (Fsp3) is 0.533. The van der Waals surface area contributed by atoms with Crippen molar-refractivity contribution in [2.45, 2.75) is 51.5 Å². The molecule has 2 aromatic rings. The molecular formula is C15H21ClN2. The van der Waals surface area contributed by atoms with Crippen molar-refractivity contribution < 1.29 is 0 Å². The maximum Gasteiger partial charge on any atom is 0.109 e. The minimum absolute atomic E-state index is 0.310. The highest BCUT2D eigenvalue weighted by Crippen LogP contribution is 2.18. The van der Waals surface area contributed by atoms with E-state index in [4.69, 9.17) is 16.6 Å². The number of rotatable bonds is 6. The third-order valence-corrected chi connectivity index (χ3v) is 3.94. The molecule has 0 saturated heterocycles. The zero-order chi connectivity index (χ0) is 13.0. The summed E-state index contributed by atoms with van der Waals surface area (Å²) in [5, 5.41) is 0.310. The van der Waals surface area contributed by atoms with Crippen LogP contribution in [0.4, 0.5) is 0 Å². The first kappa shape index (κ1) is 13.4. The summed E-state index contributed by atoms with van der Waals surface area (Å²) in [5.74, 6) is 1.19. The minimum atomic E-state index is 0.310. The number of hydrogen-bond acceptors (Lipinski definition) is 1. The Hall–Kier alpha value is -1.02. The molecule has 3 heteroatoms. The Kier molecular flexibility index (Phi) is 4.65. The molecule has 1 unspecified atom stereocenters. The molecule has 0 amide bonds. The van der Waals surface area contributed by atoms with Gasteiger partial charge in [-0.15, -0.1) is 11.6 Å². The zero-order valence-electron chi connectivity index (χ0n) is 11.2. The van der Waals surface area contributed by atoms with E-state index in [0.717, 1.165) is 37.7 Å². The molecular weight excluding hydrogens is 244 g/mol. The van der Waals surface area contributed by atoms with Crippen molar-refractivity contribution >= 4 is 22.6 Å². The van der Waals surface area contributed by atoms with E-state index in [1.165, 1.54) is 11.3 Å². The molecule has 1 aromatic heterocycles. The van der Waals surface area contributed by atoms with E-state index in [1.54, 1.807) is 0 Å². The van der Waals surface area contributed by atoms with Gasteiger partial charge in [-0.3, -0.25) is 0 Å². The van der Waals surface area contributed by atoms with Crippen LogP contribution in [0.15, 0.2) is 24.3 Å². The summed E-state index contributed by atoms with van der Waals surface area (Å²) in [4.78, 5) is 4.73. The number of nitrogens with zero attached hydrogens (tertiary/aromatic N) is 2. The van der Waals surface area contributed by atoms with Crippen LogP contribution < -0.4 is 0 Å². The maximum absolute atomic E-state index is 6.16. The molecule has 0 fully saturated rings. The van der Waals surface area contributed by atoms with Gasteiger partial charge in [0, 0.05) is 18.3 Å². The Balaban J connectivity index is 2.12. The lowest BCUT2D eigenvalue weighted by Crippen LogP contribution is -2.04. The largest absolute Gasteiger partial charge is 0.328 e. The molecule has 98 valence electrons. The van der Waals surface area contributed by atoms with Gasteiger partial charge >= 0.3 is 0 Å². The standard InChI is InChI=1S/C15H21ClN2/c1-3-12(16)8-7-11-15-17-13-9-5-6-10-14(13)18(15)4-2/h5-6,9-10,12H,3-4,7-8,11H2,1-2H3. The first-order valence-electron chi connectivity index (χ1n) is 6.84. The molecule has 1 heterocycles. The van der Waals surface area contributed by atoms with Crippen LogP contribution in [-0.4, -0.2) is 14.9 Å². The number of hydrogen-bond donors (Lipinski definition) is 0. The molecule has 0 bridgehead atoms. The summed E-state index contributed by atoms with van der Waals surface area (Å²) in [5.41, 5.74) is 2.35. The minimum Gasteiger partial charge on any atom is -0.328 e. The molecule has 1 atom stereocenters. The van der Waals surface area contributed by atoms with Crippen LogP contribution in [0.3, 0.4) is 0 Å². The van der Waals surface area contributed by atoms with E-state index in [2.05, 4.69) is 36.6 Å². The SMILES string of the molecule is CCC(Cl)CCCc1nc2ccccc2n1CC. The quantitative estimate of drug-likeness (QED) is 0.708. The Morgan fingerprint density at radius 2 is 2.06 bits per heavy atom. The highest BCUT2D eigenvalue weighted by atomic mass is 35.5. The van der Waals surface area contributed by atoms with E-state index in [9.17, 15) is 0 Å². The van der Waals surface area contributed by atoms with E-state index in [1.807, 2.05) is 6.07 Å². The third-order valence-electron chi connectivity index (χ3n) is 3.41. The van der Waals surface area contributed by atoms with Crippen molar-refractivity contribution in [3.8, 4) is 0 Å². The summed E-state index contributed by atoms with van der Waals surface area (Å²) in [6.07, 6.45) is 4.26. The number of alkyl halides is 1. The zero-order valence-corrected chi connectivity index (χ0v) is 12.0. The first-order chi connectivity index (χ1) is 8.76. The molecule has 0 radical (unpaired) electrons. The van der Waals surface area contributed by atoms with Gasteiger partial charge in [-0.05, 0) is 38.3 Å².